The quantitative estimate of drug-likeness (QED) is 0.847. The number of benzene rings is 1. The van der Waals surface area contributed by atoms with Crippen LogP contribution in [0.3, 0.4) is 0 Å². The summed E-state index contributed by atoms with van der Waals surface area (Å²) in [7, 11) is 1.72. The highest BCUT2D eigenvalue weighted by Gasteiger charge is 2.17. The Hall–Kier alpha value is -1.91. The fourth-order valence-corrected chi connectivity index (χ4v) is 2.86. The molecule has 0 spiro atoms. The van der Waals surface area contributed by atoms with Crippen LogP contribution in [0.25, 0.3) is 0 Å². The molecule has 1 aromatic carbocycles. The lowest BCUT2D eigenvalue weighted by atomic mass is 10.2. The first-order valence-corrected chi connectivity index (χ1v) is 7.81. The Kier molecular flexibility index (Phi) is 5.03. The summed E-state index contributed by atoms with van der Waals surface area (Å²) in [6.07, 6.45) is 1.87. The molecular formula is C18H23N3O. The van der Waals surface area contributed by atoms with Gasteiger partial charge in [-0.3, -0.25) is 14.8 Å². The van der Waals surface area contributed by atoms with Crippen molar-refractivity contribution in [3.63, 3.8) is 0 Å². The number of pyridine rings is 1. The van der Waals surface area contributed by atoms with Gasteiger partial charge in [-0.1, -0.05) is 18.2 Å². The Morgan fingerprint density at radius 1 is 0.955 bits per heavy atom. The molecule has 1 aromatic heterocycles. The van der Waals surface area contributed by atoms with E-state index in [9.17, 15) is 0 Å². The predicted molar refractivity (Wildman–Crippen MR) is 87.8 cm³/mol. The van der Waals surface area contributed by atoms with Gasteiger partial charge in [-0.25, -0.2) is 0 Å². The molecule has 0 amide bonds. The zero-order valence-corrected chi connectivity index (χ0v) is 13.1. The van der Waals surface area contributed by atoms with Crippen molar-refractivity contribution >= 4 is 0 Å². The molecule has 0 saturated carbocycles. The van der Waals surface area contributed by atoms with Crippen LogP contribution in [0, 0.1) is 0 Å². The van der Waals surface area contributed by atoms with Crippen molar-refractivity contribution in [1.82, 2.24) is 14.8 Å². The molecule has 0 radical (unpaired) electrons. The van der Waals surface area contributed by atoms with E-state index in [1.54, 1.807) is 7.11 Å². The lowest BCUT2D eigenvalue weighted by molar-refractivity contribution is 0.121. The average molecular weight is 297 g/mol. The molecule has 4 heteroatoms. The van der Waals surface area contributed by atoms with Gasteiger partial charge < -0.3 is 4.74 Å². The largest absolute Gasteiger partial charge is 0.497 e. The topological polar surface area (TPSA) is 28.6 Å². The second-order valence-electron chi connectivity index (χ2n) is 5.72. The number of nitrogens with zero attached hydrogens (tertiary/aromatic N) is 3. The number of aromatic nitrogens is 1. The van der Waals surface area contributed by atoms with Crippen molar-refractivity contribution in [3.8, 4) is 5.75 Å². The molecular weight excluding hydrogens is 274 g/mol. The van der Waals surface area contributed by atoms with E-state index >= 15 is 0 Å². The Labute approximate surface area is 132 Å². The summed E-state index contributed by atoms with van der Waals surface area (Å²) in [5.74, 6) is 0.936. The average Bonchev–Trinajstić information content (AvgIpc) is 2.58. The molecule has 1 aliphatic rings. The standard InChI is InChI=1S/C18H23N3O/c1-22-18-7-4-5-16(13-18)14-20-9-11-21(12-10-20)15-17-6-2-3-8-19-17/h2-8,13H,9-12,14-15H2,1H3. The number of piperazine rings is 1. The van der Waals surface area contributed by atoms with Gasteiger partial charge in [-0.2, -0.15) is 0 Å². The Bertz CT molecular complexity index is 580. The van der Waals surface area contributed by atoms with Crippen LogP contribution in [-0.4, -0.2) is 48.1 Å². The monoisotopic (exact) mass is 297 g/mol. The van der Waals surface area contributed by atoms with Crippen LogP contribution in [0.1, 0.15) is 11.3 Å². The molecule has 0 atom stereocenters. The minimum Gasteiger partial charge on any atom is -0.497 e. The molecule has 2 heterocycles. The van der Waals surface area contributed by atoms with Gasteiger partial charge in [0.15, 0.2) is 0 Å². The highest BCUT2D eigenvalue weighted by atomic mass is 16.5. The van der Waals surface area contributed by atoms with Crippen LogP contribution in [0.15, 0.2) is 48.7 Å². The number of hydrogen-bond acceptors (Lipinski definition) is 4. The maximum Gasteiger partial charge on any atom is 0.119 e. The van der Waals surface area contributed by atoms with Crippen molar-refractivity contribution in [1.29, 1.82) is 0 Å². The molecule has 3 rings (SSSR count). The summed E-state index contributed by atoms with van der Waals surface area (Å²) in [5, 5.41) is 0. The molecule has 1 aliphatic heterocycles. The van der Waals surface area contributed by atoms with Crippen molar-refractivity contribution < 1.29 is 4.74 Å². The van der Waals surface area contributed by atoms with Crippen molar-refractivity contribution in [2.24, 2.45) is 0 Å². The second-order valence-corrected chi connectivity index (χ2v) is 5.72. The summed E-state index contributed by atoms with van der Waals surface area (Å²) in [4.78, 5) is 9.39. The molecule has 116 valence electrons. The van der Waals surface area contributed by atoms with Crippen molar-refractivity contribution in [2.45, 2.75) is 13.1 Å². The third kappa shape index (κ3) is 4.06. The molecule has 2 aromatic rings. The van der Waals surface area contributed by atoms with Crippen LogP contribution in [0.4, 0.5) is 0 Å². The SMILES string of the molecule is COc1cccc(CN2CCN(Cc3ccccn3)CC2)c1. The van der Waals surface area contributed by atoms with E-state index in [4.69, 9.17) is 4.74 Å². The maximum atomic E-state index is 5.29. The van der Waals surface area contributed by atoms with E-state index in [1.807, 2.05) is 18.3 Å². The van der Waals surface area contributed by atoms with Crippen molar-refractivity contribution in [2.75, 3.05) is 33.3 Å². The summed E-state index contributed by atoms with van der Waals surface area (Å²) in [6.45, 7) is 6.34. The van der Waals surface area contributed by atoms with E-state index < -0.39 is 0 Å². The predicted octanol–water partition coefficient (Wildman–Crippen LogP) is 2.41. The first-order chi connectivity index (χ1) is 10.8. The van der Waals surface area contributed by atoms with Crippen LogP contribution >= 0.6 is 0 Å². The van der Waals surface area contributed by atoms with Gasteiger partial charge in [0.1, 0.15) is 5.75 Å². The zero-order valence-electron chi connectivity index (χ0n) is 13.1. The van der Waals surface area contributed by atoms with E-state index in [0.29, 0.717) is 0 Å². The number of ether oxygens (including phenoxy) is 1. The van der Waals surface area contributed by atoms with E-state index in [1.165, 1.54) is 5.56 Å². The minimum atomic E-state index is 0.936. The highest BCUT2D eigenvalue weighted by molar-refractivity contribution is 5.28. The van der Waals surface area contributed by atoms with Gasteiger partial charge in [-0.05, 0) is 29.8 Å². The van der Waals surface area contributed by atoms with Crippen LogP contribution < -0.4 is 4.74 Å². The zero-order chi connectivity index (χ0) is 15.2. The Balaban J connectivity index is 1.49. The minimum absolute atomic E-state index is 0.936. The van der Waals surface area contributed by atoms with Gasteiger partial charge in [0.05, 0.1) is 12.8 Å². The number of hydrogen-bond donors (Lipinski definition) is 0. The van der Waals surface area contributed by atoms with Crippen LogP contribution in [0.2, 0.25) is 0 Å². The molecule has 22 heavy (non-hydrogen) atoms. The van der Waals surface area contributed by atoms with Gasteiger partial charge in [0, 0.05) is 45.5 Å². The first-order valence-electron chi connectivity index (χ1n) is 7.81. The van der Waals surface area contributed by atoms with Gasteiger partial charge in [0.25, 0.3) is 0 Å². The van der Waals surface area contributed by atoms with E-state index in [0.717, 1.165) is 50.7 Å². The third-order valence-corrected chi connectivity index (χ3v) is 4.12. The van der Waals surface area contributed by atoms with Crippen molar-refractivity contribution in [3.05, 3.63) is 59.9 Å². The fourth-order valence-electron chi connectivity index (χ4n) is 2.86. The Morgan fingerprint density at radius 2 is 1.73 bits per heavy atom. The lowest BCUT2D eigenvalue weighted by Gasteiger charge is -2.34. The number of methoxy groups -OCH3 is 1. The lowest BCUT2D eigenvalue weighted by Crippen LogP contribution is -2.45. The summed E-state index contributed by atoms with van der Waals surface area (Å²) < 4.78 is 5.29. The molecule has 0 bridgehead atoms. The number of rotatable bonds is 5. The Morgan fingerprint density at radius 3 is 2.41 bits per heavy atom. The smallest absolute Gasteiger partial charge is 0.119 e. The summed E-state index contributed by atoms with van der Waals surface area (Å²) in [6, 6.07) is 14.5. The highest BCUT2D eigenvalue weighted by Crippen LogP contribution is 2.15. The van der Waals surface area contributed by atoms with E-state index in [-0.39, 0.29) is 0 Å². The molecule has 0 N–H and O–H groups in total. The molecule has 1 saturated heterocycles. The second kappa shape index (κ2) is 7.38. The van der Waals surface area contributed by atoms with Gasteiger partial charge in [0.2, 0.25) is 0 Å². The molecule has 0 aliphatic carbocycles. The molecule has 1 fully saturated rings. The third-order valence-electron chi connectivity index (χ3n) is 4.12. The van der Waals surface area contributed by atoms with Gasteiger partial charge >= 0.3 is 0 Å². The normalized spacial score (nSPS) is 16.6. The van der Waals surface area contributed by atoms with Crippen LogP contribution in [-0.2, 0) is 13.1 Å². The van der Waals surface area contributed by atoms with Crippen LogP contribution in [0.5, 0.6) is 5.75 Å². The first kappa shape index (κ1) is 15.0. The fraction of sp³-hybridized carbons (Fsp3) is 0.389. The molecule has 4 nitrogen and oxygen atoms in total. The molecule has 0 unspecified atom stereocenters. The maximum absolute atomic E-state index is 5.29. The summed E-state index contributed by atoms with van der Waals surface area (Å²) in [5.41, 5.74) is 2.47. The summed E-state index contributed by atoms with van der Waals surface area (Å²) >= 11 is 0. The van der Waals surface area contributed by atoms with Gasteiger partial charge in [-0.15, -0.1) is 0 Å². The van der Waals surface area contributed by atoms with E-state index in [2.05, 4.69) is 45.1 Å².